The van der Waals surface area contributed by atoms with Crippen molar-refractivity contribution in [3.05, 3.63) is 48.0 Å². The molecule has 1 aliphatic rings. The van der Waals surface area contributed by atoms with Crippen LogP contribution in [-0.2, 0) is 16.0 Å². The third kappa shape index (κ3) is 5.14. The minimum absolute atomic E-state index is 0.0103. The van der Waals surface area contributed by atoms with E-state index in [0.717, 1.165) is 43.2 Å². The molecule has 1 fully saturated rings. The van der Waals surface area contributed by atoms with Crippen molar-refractivity contribution in [2.24, 2.45) is 0 Å². The van der Waals surface area contributed by atoms with E-state index in [1.807, 2.05) is 36.4 Å². The van der Waals surface area contributed by atoms with E-state index in [4.69, 9.17) is 14.2 Å². The Morgan fingerprint density at radius 3 is 2.59 bits per heavy atom. The molecule has 1 N–H and O–H groups in total. The van der Waals surface area contributed by atoms with Crippen molar-refractivity contribution in [3.8, 4) is 11.5 Å². The van der Waals surface area contributed by atoms with Gasteiger partial charge in [-0.3, -0.25) is 4.79 Å². The van der Waals surface area contributed by atoms with Gasteiger partial charge in [-0.1, -0.05) is 12.1 Å². The maximum absolute atomic E-state index is 12.4. The number of hydrogen-bond donors (Lipinski definition) is 1. The largest absolute Gasteiger partial charge is 0.493 e. The van der Waals surface area contributed by atoms with E-state index in [9.17, 15) is 4.79 Å². The van der Waals surface area contributed by atoms with Gasteiger partial charge in [-0.05, 0) is 42.3 Å². The lowest BCUT2D eigenvalue weighted by molar-refractivity contribution is -0.116. The molecule has 2 aromatic rings. The third-order valence-corrected chi connectivity index (χ3v) is 4.59. The first-order chi connectivity index (χ1) is 13.2. The van der Waals surface area contributed by atoms with Crippen LogP contribution in [0.3, 0.4) is 0 Å². The summed E-state index contributed by atoms with van der Waals surface area (Å²) < 4.78 is 15.9. The Labute approximate surface area is 160 Å². The number of nitrogens with zero attached hydrogens (tertiary/aromatic N) is 1. The van der Waals surface area contributed by atoms with Crippen LogP contribution in [0.4, 0.5) is 11.4 Å². The molecule has 0 aliphatic carbocycles. The molecule has 0 aromatic heterocycles. The van der Waals surface area contributed by atoms with Gasteiger partial charge in [-0.15, -0.1) is 0 Å². The van der Waals surface area contributed by atoms with Gasteiger partial charge in [-0.25, -0.2) is 0 Å². The predicted molar refractivity (Wildman–Crippen MR) is 106 cm³/mol. The molecule has 0 radical (unpaired) electrons. The van der Waals surface area contributed by atoms with Gasteiger partial charge in [0.05, 0.1) is 27.4 Å². The Bertz CT molecular complexity index is 773. The molecule has 0 unspecified atom stereocenters. The average molecular weight is 370 g/mol. The van der Waals surface area contributed by atoms with Gasteiger partial charge in [-0.2, -0.15) is 0 Å². The molecule has 6 nitrogen and oxygen atoms in total. The number of rotatable bonds is 7. The smallest absolute Gasteiger partial charge is 0.224 e. The number of carbonyl (C=O) groups excluding carboxylic acids is 1. The maximum Gasteiger partial charge on any atom is 0.224 e. The van der Waals surface area contributed by atoms with Crippen LogP contribution in [0.25, 0.3) is 0 Å². The van der Waals surface area contributed by atoms with E-state index < -0.39 is 0 Å². The number of amides is 1. The van der Waals surface area contributed by atoms with Crippen molar-refractivity contribution in [2.45, 2.75) is 12.8 Å². The number of aryl methyl sites for hydroxylation is 1. The highest BCUT2D eigenvalue weighted by molar-refractivity contribution is 5.91. The van der Waals surface area contributed by atoms with E-state index in [1.165, 1.54) is 0 Å². The van der Waals surface area contributed by atoms with Crippen LogP contribution in [0.5, 0.6) is 11.5 Å². The fraction of sp³-hybridized carbons (Fsp3) is 0.381. The van der Waals surface area contributed by atoms with Crippen LogP contribution in [-0.4, -0.2) is 46.4 Å². The van der Waals surface area contributed by atoms with Crippen molar-refractivity contribution in [1.82, 2.24) is 0 Å². The number of carbonyl (C=O) groups is 1. The highest BCUT2D eigenvalue weighted by Gasteiger charge is 2.12. The molecule has 0 saturated carbocycles. The Morgan fingerprint density at radius 2 is 1.85 bits per heavy atom. The fourth-order valence-electron chi connectivity index (χ4n) is 3.12. The lowest BCUT2D eigenvalue weighted by atomic mass is 10.1. The third-order valence-electron chi connectivity index (χ3n) is 4.59. The van der Waals surface area contributed by atoms with Gasteiger partial charge in [0.2, 0.25) is 5.91 Å². The molecule has 0 atom stereocenters. The number of methoxy groups -OCH3 is 2. The summed E-state index contributed by atoms with van der Waals surface area (Å²) in [5.74, 6) is 1.35. The van der Waals surface area contributed by atoms with Crippen LogP contribution in [0, 0.1) is 0 Å². The monoisotopic (exact) mass is 370 g/mol. The first-order valence-corrected chi connectivity index (χ1v) is 9.13. The Kier molecular flexibility index (Phi) is 6.54. The molecule has 6 heteroatoms. The zero-order valence-corrected chi connectivity index (χ0v) is 15.9. The molecule has 0 spiro atoms. The van der Waals surface area contributed by atoms with Crippen molar-refractivity contribution in [3.63, 3.8) is 0 Å². The van der Waals surface area contributed by atoms with Gasteiger partial charge < -0.3 is 24.4 Å². The molecule has 27 heavy (non-hydrogen) atoms. The van der Waals surface area contributed by atoms with Crippen LogP contribution in [0.1, 0.15) is 12.0 Å². The van der Waals surface area contributed by atoms with Crippen LogP contribution in [0.15, 0.2) is 42.5 Å². The SMILES string of the molecule is COc1ccc(CCC(=O)Nc2cccc(N3CCOCC3)c2)cc1OC. The summed E-state index contributed by atoms with van der Waals surface area (Å²) in [5, 5.41) is 2.99. The number of nitrogens with one attached hydrogen (secondary N) is 1. The molecule has 144 valence electrons. The van der Waals surface area contributed by atoms with E-state index in [0.29, 0.717) is 24.3 Å². The van der Waals surface area contributed by atoms with Crippen molar-refractivity contribution < 1.29 is 19.0 Å². The summed E-state index contributed by atoms with van der Waals surface area (Å²) in [6.45, 7) is 3.22. The van der Waals surface area contributed by atoms with Crippen LogP contribution in [0.2, 0.25) is 0 Å². The number of benzene rings is 2. The molecule has 1 aliphatic heterocycles. The number of hydrogen-bond acceptors (Lipinski definition) is 5. The summed E-state index contributed by atoms with van der Waals surface area (Å²) in [7, 11) is 3.21. The van der Waals surface area contributed by atoms with E-state index >= 15 is 0 Å². The van der Waals surface area contributed by atoms with E-state index in [1.54, 1.807) is 14.2 Å². The van der Waals surface area contributed by atoms with Gasteiger partial charge >= 0.3 is 0 Å². The first-order valence-electron chi connectivity index (χ1n) is 9.13. The van der Waals surface area contributed by atoms with Crippen molar-refractivity contribution >= 4 is 17.3 Å². The Hall–Kier alpha value is -2.73. The zero-order valence-electron chi connectivity index (χ0n) is 15.9. The van der Waals surface area contributed by atoms with Crippen LogP contribution >= 0.6 is 0 Å². The van der Waals surface area contributed by atoms with Gasteiger partial charge in [0, 0.05) is 30.9 Å². The topological polar surface area (TPSA) is 60.0 Å². The molecule has 1 heterocycles. The molecule has 1 saturated heterocycles. The number of ether oxygens (including phenoxy) is 3. The minimum atomic E-state index is -0.0103. The molecule has 1 amide bonds. The highest BCUT2D eigenvalue weighted by Crippen LogP contribution is 2.28. The lowest BCUT2D eigenvalue weighted by Gasteiger charge is -2.29. The summed E-state index contributed by atoms with van der Waals surface area (Å²) in [5.41, 5.74) is 2.96. The summed E-state index contributed by atoms with van der Waals surface area (Å²) in [4.78, 5) is 14.6. The normalized spacial score (nSPS) is 13.9. The maximum atomic E-state index is 12.4. The van der Waals surface area contributed by atoms with E-state index in [-0.39, 0.29) is 5.91 Å². The van der Waals surface area contributed by atoms with Gasteiger partial charge in [0.15, 0.2) is 11.5 Å². The minimum Gasteiger partial charge on any atom is -0.493 e. The summed E-state index contributed by atoms with van der Waals surface area (Å²) >= 11 is 0. The average Bonchev–Trinajstić information content (AvgIpc) is 2.73. The second-order valence-corrected chi connectivity index (χ2v) is 6.39. The standard InChI is InChI=1S/C21H26N2O4/c1-25-19-8-6-16(14-20(19)26-2)7-9-21(24)22-17-4-3-5-18(15-17)23-10-12-27-13-11-23/h3-6,8,14-15H,7,9-13H2,1-2H3,(H,22,24). The molecule has 0 bridgehead atoms. The Balaban J connectivity index is 1.56. The summed E-state index contributed by atoms with van der Waals surface area (Å²) in [6, 6.07) is 13.7. The van der Waals surface area contributed by atoms with E-state index in [2.05, 4.69) is 16.3 Å². The lowest BCUT2D eigenvalue weighted by Crippen LogP contribution is -2.36. The highest BCUT2D eigenvalue weighted by atomic mass is 16.5. The molecule has 2 aromatic carbocycles. The second-order valence-electron chi connectivity index (χ2n) is 6.39. The number of morpholine rings is 1. The van der Waals surface area contributed by atoms with Crippen molar-refractivity contribution in [1.29, 1.82) is 0 Å². The number of anilines is 2. The summed E-state index contributed by atoms with van der Waals surface area (Å²) in [6.07, 6.45) is 1.03. The second kappa shape index (κ2) is 9.28. The zero-order chi connectivity index (χ0) is 19.1. The first kappa shape index (κ1) is 19.0. The molecule has 3 rings (SSSR count). The fourth-order valence-corrected chi connectivity index (χ4v) is 3.12. The van der Waals surface area contributed by atoms with Crippen molar-refractivity contribution in [2.75, 3.05) is 50.7 Å². The molecular formula is C21H26N2O4. The van der Waals surface area contributed by atoms with Gasteiger partial charge in [0.1, 0.15) is 0 Å². The van der Waals surface area contributed by atoms with Crippen LogP contribution < -0.4 is 19.7 Å². The van der Waals surface area contributed by atoms with Gasteiger partial charge in [0.25, 0.3) is 0 Å². The quantitative estimate of drug-likeness (QED) is 0.812. The Morgan fingerprint density at radius 1 is 1.07 bits per heavy atom. The predicted octanol–water partition coefficient (Wildman–Crippen LogP) is 3.11. The molecular weight excluding hydrogens is 344 g/mol.